The number of phenols is 1. The summed E-state index contributed by atoms with van der Waals surface area (Å²) >= 11 is 3.34. The summed E-state index contributed by atoms with van der Waals surface area (Å²) in [5.41, 5.74) is 0.962. The van der Waals surface area contributed by atoms with E-state index in [1.807, 2.05) is 18.2 Å². The zero-order valence-electron chi connectivity index (χ0n) is 10.2. The average Bonchev–Trinajstić information content (AvgIpc) is 2.84. The van der Waals surface area contributed by atoms with Crippen molar-refractivity contribution < 1.29 is 5.11 Å². The van der Waals surface area contributed by atoms with Crippen LogP contribution >= 0.6 is 15.9 Å². The Bertz CT molecular complexity index is 374. The Balaban J connectivity index is 1.90. The predicted molar refractivity (Wildman–Crippen MR) is 74.1 cm³/mol. The van der Waals surface area contributed by atoms with E-state index in [0.29, 0.717) is 11.8 Å². The van der Waals surface area contributed by atoms with Gasteiger partial charge in [0, 0.05) is 18.2 Å². The van der Waals surface area contributed by atoms with Crippen molar-refractivity contribution in [2.45, 2.75) is 45.2 Å². The first-order valence-corrected chi connectivity index (χ1v) is 7.17. The SMILES string of the molecule is C[C@H](NCc1cccc(Br)c1O)C1CCCC1. The molecule has 0 aliphatic heterocycles. The highest BCUT2D eigenvalue weighted by Crippen LogP contribution is 2.29. The molecule has 0 heterocycles. The summed E-state index contributed by atoms with van der Waals surface area (Å²) in [6, 6.07) is 6.32. The van der Waals surface area contributed by atoms with Crippen LogP contribution in [0.3, 0.4) is 0 Å². The number of nitrogens with one attached hydrogen (secondary N) is 1. The molecule has 2 nitrogen and oxygen atoms in total. The molecule has 0 aromatic heterocycles. The molecule has 2 N–H and O–H groups in total. The van der Waals surface area contributed by atoms with Crippen molar-refractivity contribution in [3.8, 4) is 5.75 Å². The van der Waals surface area contributed by atoms with Crippen molar-refractivity contribution >= 4 is 15.9 Å². The van der Waals surface area contributed by atoms with Crippen molar-refractivity contribution in [3.63, 3.8) is 0 Å². The van der Waals surface area contributed by atoms with Gasteiger partial charge in [-0.05, 0) is 47.7 Å². The topological polar surface area (TPSA) is 32.3 Å². The molecule has 0 amide bonds. The maximum absolute atomic E-state index is 9.89. The van der Waals surface area contributed by atoms with Gasteiger partial charge in [-0.25, -0.2) is 0 Å². The van der Waals surface area contributed by atoms with Gasteiger partial charge in [0.15, 0.2) is 0 Å². The monoisotopic (exact) mass is 297 g/mol. The minimum atomic E-state index is 0.360. The molecule has 1 aliphatic rings. The second-order valence-corrected chi connectivity index (χ2v) is 5.82. The third-order valence-electron chi connectivity index (χ3n) is 3.79. The summed E-state index contributed by atoms with van der Waals surface area (Å²) in [6.07, 6.45) is 5.44. The van der Waals surface area contributed by atoms with Crippen molar-refractivity contribution in [1.29, 1.82) is 0 Å². The normalized spacial score (nSPS) is 18.5. The van der Waals surface area contributed by atoms with E-state index in [0.717, 1.165) is 22.5 Å². The fourth-order valence-corrected chi connectivity index (χ4v) is 3.00. The number of hydrogen-bond donors (Lipinski definition) is 2. The summed E-state index contributed by atoms with van der Waals surface area (Å²) in [5, 5.41) is 13.4. The molecular weight excluding hydrogens is 278 g/mol. The van der Waals surface area contributed by atoms with Gasteiger partial charge in [-0.3, -0.25) is 0 Å². The minimum absolute atomic E-state index is 0.360. The van der Waals surface area contributed by atoms with Gasteiger partial charge in [-0.1, -0.05) is 25.0 Å². The van der Waals surface area contributed by atoms with Crippen LogP contribution in [0.2, 0.25) is 0 Å². The molecule has 0 radical (unpaired) electrons. The number of aromatic hydroxyl groups is 1. The highest BCUT2D eigenvalue weighted by atomic mass is 79.9. The lowest BCUT2D eigenvalue weighted by Crippen LogP contribution is -2.31. The standard InChI is InChI=1S/C14H20BrNO/c1-10(11-5-2-3-6-11)16-9-12-7-4-8-13(15)14(12)17/h4,7-8,10-11,16-17H,2-3,5-6,9H2,1H3/t10-/m0/s1. The highest BCUT2D eigenvalue weighted by Gasteiger charge is 2.21. The number of rotatable bonds is 4. The second kappa shape index (κ2) is 5.87. The van der Waals surface area contributed by atoms with Crippen LogP contribution in [0.4, 0.5) is 0 Å². The third kappa shape index (κ3) is 3.23. The number of para-hydroxylation sites is 1. The van der Waals surface area contributed by atoms with Crippen LogP contribution in [0.25, 0.3) is 0 Å². The number of benzene rings is 1. The van der Waals surface area contributed by atoms with E-state index in [1.54, 1.807) is 0 Å². The number of hydrogen-bond acceptors (Lipinski definition) is 2. The molecule has 2 rings (SSSR count). The molecule has 1 fully saturated rings. The van der Waals surface area contributed by atoms with Gasteiger partial charge in [0.05, 0.1) is 4.47 Å². The largest absolute Gasteiger partial charge is 0.506 e. The highest BCUT2D eigenvalue weighted by molar-refractivity contribution is 9.10. The van der Waals surface area contributed by atoms with Crippen LogP contribution in [0.1, 0.15) is 38.2 Å². The Kier molecular flexibility index (Phi) is 4.46. The quantitative estimate of drug-likeness (QED) is 0.885. The van der Waals surface area contributed by atoms with Crippen LogP contribution in [0, 0.1) is 5.92 Å². The lowest BCUT2D eigenvalue weighted by molar-refractivity contribution is 0.376. The predicted octanol–water partition coefficient (Wildman–Crippen LogP) is 3.82. The first-order valence-electron chi connectivity index (χ1n) is 6.38. The van der Waals surface area contributed by atoms with Crippen molar-refractivity contribution in [2.75, 3.05) is 0 Å². The zero-order valence-corrected chi connectivity index (χ0v) is 11.8. The molecule has 94 valence electrons. The molecule has 1 aromatic rings. The Labute approximate surface area is 112 Å². The Hall–Kier alpha value is -0.540. The molecule has 0 unspecified atom stereocenters. The second-order valence-electron chi connectivity index (χ2n) is 4.96. The fraction of sp³-hybridized carbons (Fsp3) is 0.571. The van der Waals surface area contributed by atoms with Crippen LogP contribution < -0.4 is 5.32 Å². The number of halogens is 1. The van der Waals surface area contributed by atoms with Gasteiger partial charge in [-0.15, -0.1) is 0 Å². The molecule has 1 aliphatic carbocycles. The van der Waals surface area contributed by atoms with Gasteiger partial charge in [-0.2, -0.15) is 0 Å². The van der Waals surface area contributed by atoms with Crippen LogP contribution in [0.15, 0.2) is 22.7 Å². The van der Waals surface area contributed by atoms with Crippen molar-refractivity contribution in [1.82, 2.24) is 5.32 Å². The summed E-state index contributed by atoms with van der Waals surface area (Å²) in [5.74, 6) is 1.17. The van der Waals surface area contributed by atoms with Crippen molar-refractivity contribution in [3.05, 3.63) is 28.2 Å². The molecule has 1 saturated carbocycles. The molecule has 0 saturated heterocycles. The minimum Gasteiger partial charge on any atom is -0.506 e. The van der Waals surface area contributed by atoms with E-state index in [1.165, 1.54) is 25.7 Å². The Morgan fingerprint density at radius 1 is 1.41 bits per heavy atom. The third-order valence-corrected chi connectivity index (χ3v) is 4.43. The molecular formula is C14H20BrNO. The maximum atomic E-state index is 9.89. The number of phenolic OH excluding ortho intramolecular Hbond substituents is 1. The smallest absolute Gasteiger partial charge is 0.134 e. The van der Waals surface area contributed by atoms with E-state index in [4.69, 9.17) is 0 Å². The summed E-state index contributed by atoms with van der Waals surface area (Å²) in [7, 11) is 0. The first kappa shape index (κ1) is 12.9. The molecule has 0 bridgehead atoms. The molecule has 17 heavy (non-hydrogen) atoms. The van der Waals surface area contributed by atoms with E-state index in [9.17, 15) is 5.11 Å². The Morgan fingerprint density at radius 2 is 2.12 bits per heavy atom. The summed E-state index contributed by atoms with van der Waals surface area (Å²) in [4.78, 5) is 0. The lowest BCUT2D eigenvalue weighted by Gasteiger charge is -2.20. The van der Waals surface area contributed by atoms with Gasteiger partial charge in [0.25, 0.3) is 0 Å². The van der Waals surface area contributed by atoms with Gasteiger partial charge >= 0.3 is 0 Å². The van der Waals surface area contributed by atoms with E-state index >= 15 is 0 Å². The molecule has 1 aromatic carbocycles. The zero-order chi connectivity index (χ0) is 12.3. The van der Waals surface area contributed by atoms with Crippen LogP contribution in [-0.2, 0) is 6.54 Å². The van der Waals surface area contributed by atoms with Crippen LogP contribution in [0.5, 0.6) is 5.75 Å². The van der Waals surface area contributed by atoms with Gasteiger partial charge in [0.2, 0.25) is 0 Å². The Morgan fingerprint density at radius 3 is 2.82 bits per heavy atom. The van der Waals surface area contributed by atoms with Gasteiger partial charge in [0.1, 0.15) is 5.75 Å². The first-order chi connectivity index (χ1) is 8.18. The van der Waals surface area contributed by atoms with Gasteiger partial charge < -0.3 is 10.4 Å². The van der Waals surface area contributed by atoms with E-state index < -0.39 is 0 Å². The van der Waals surface area contributed by atoms with E-state index in [-0.39, 0.29) is 0 Å². The molecule has 0 spiro atoms. The fourth-order valence-electron chi connectivity index (χ4n) is 2.60. The van der Waals surface area contributed by atoms with Crippen LogP contribution in [-0.4, -0.2) is 11.1 Å². The van der Waals surface area contributed by atoms with Crippen molar-refractivity contribution in [2.24, 2.45) is 5.92 Å². The lowest BCUT2D eigenvalue weighted by atomic mass is 9.99. The average molecular weight is 298 g/mol. The van der Waals surface area contributed by atoms with E-state index in [2.05, 4.69) is 28.2 Å². The molecule has 3 heteroatoms. The summed E-state index contributed by atoms with van der Waals surface area (Å²) in [6.45, 7) is 2.99. The summed E-state index contributed by atoms with van der Waals surface area (Å²) < 4.78 is 0.769. The molecule has 1 atom stereocenters. The maximum Gasteiger partial charge on any atom is 0.134 e.